The van der Waals surface area contributed by atoms with Crippen LogP contribution in [0.1, 0.15) is 24.0 Å². The van der Waals surface area contributed by atoms with Crippen molar-refractivity contribution < 1.29 is 9.84 Å². The van der Waals surface area contributed by atoms with Crippen LogP contribution >= 0.6 is 11.6 Å². The molecule has 1 heterocycles. The Hall–Kier alpha value is -1.59. The number of benzene rings is 2. The average Bonchev–Trinajstić information content (AvgIpc) is 2.75. The lowest BCUT2D eigenvalue weighted by molar-refractivity contribution is 0.110. The predicted molar refractivity (Wildman–Crippen MR) is 120 cm³/mol. The van der Waals surface area contributed by atoms with Crippen molar-refractivity contribution in [3.63, 3.8) is 0 Å². The Morgan fingerprint density at radius 3 is 2.14 bits per heavy atom. The van der Waals surface area contributed by atoms with E-state index in [1.54, 1.807) is 0 Å². The zero-order valence-electron chi connectivity index (χ0n) is 17.2. The molecule has 0 amide bonds. The Morgan fingerprint density at radius 1 is 0.793 bits per heavy atom. The van der Waals surface area contributed by atoms with Crippen molar-refractivity contribution in [3.05, 3.63) is 64.7 Å². The van der Waals surface area contributed by atoms with Crippen LogP contribution in [0.3, 0.4) is 0 Å². The summed E-state index contributed by atoms with van der Waals surface area (Å²) in [5.74, 6) is 0.997. The average molecular weight is 417 g/mol. The number of hydrogen-bond donors (Lipinski definition) is 1. The van der Waals surface area contributed by atoms with Gasteiger partial charge >= 0.3 is 0 Å². The van der Waals surface area contributed by atoms with Crippen LogP contribution < -0.4 is 4.74 Å². The molecule has 1 fully saturated rings. The van der Waals surface area contributed by atoms with Gasteiger partial charge < -0.3 is 14.7 Å². The molecular formula is C24H33ClN2O2. The lowest BCUT2D eigenvalue weighted by atomic mass is 10.0. The highest BCUT2D eigenvalue weighted by atomic mass is 35.5. The topological polar surface area (TPSA) is 35.9 Å². The molecule has 5 heteroatoms. The van der Waals surface area contributed by atoms with Gasteiger partial charge in [0.05, 0.1) is 13.2 Å². The lowest BCUT2D eigenvalue weighted by Gasteiger charge is -2.34. The number of ether oxygens (including phenoxy) is 1. The fraction of sp³-hybridized carbons (Fsp3) is 0.500. The number of unbranched alkanes of at least 4 members (excludes halogenated alkanes) is 1. The first kappa shape index (κ1) is 22.1. The highest BCUT2D eigenvalue weighted by molar-refractivity contribution is 6.31. The van der Waals surface area contributed by atoms with Crippen LogP contribution in [0.15, 0.2) is 48.5 Å². The third-order valence-corrected chi connectivity index (χ3v) is 5.97. The SMILES string of the molecule is OCCN1CCN(CCCCOc2ccccc2CCc2ccccc2Cl)CC1. The molecule has 0 atom stereocenters. The first-order chi connectivity index (χ1) is 14.3. The van der Waals surface area contributed by atoms with Crippen molar-refractivity contribution in [1.29, 1.82) is 0 Å². The van der Waals surface area contributed by atoms with Gasteiger partial charge in [0.15, 0.2) is 0 Å². The number of piperazine rings is 1. The van der Waals surface area contributed by atoms with E-state index in [9.17, 15) is 0 Å². The second kappa shape index (κ2) is 12.2. The van der Waals surface area contributed by atoms with Gasteiger partial charge in [-0.2, -0.15) is 0 Å². The summed E-state index contributed by atoms with van der Waals surface area (Å²) in [6.45, 7) is 7.29. The van der Waals surface area contributed by atoms with E-state index in [0.717, 1.165) is 82.3 Å². The van der Waals surface area contributed by atoms with E-state index >= 15 is 0 Å². The normalized spacial score (nSPS) is 15.5. The van der Waals surface area contributed by atoms with E-state index in [-0.39, 0.29) is 6.61 Å². The summed E-state index contributed by atoms with van der Waals surface area (Å²) in [6.07, 6.45) is 4.07. The van der Waals surface area contributed by atoms with Crippen LogP contribution in [0.25, 0.3) is 0 Å². The molecule has 0 saturated carbocycles. The number of aliphatic hydroxyl groups excluding tert-OH is 1. The van der Waals surface area contributed by atoms with Crippen LogP contribution in [0.4, 0.5) is 0 Å². The smallest absolute Gasteiger partial charge is 0.122 e. The number of nitrogens with zero attached hydrogens (tertiary/aromatic N) is 2. The predicted octanol–water partition coefficient (Wildman–Crippen LogP) is 3.89. The van der Waals surface area contributed by atoms with Crippen molar-refractivity contribution in [3.8, 4) is 5.75 Å². The molecule has 0 aromatic heterocycles. The Balaban J connectivity index is 1.36. The van der Waals surface area contributed by atoms with Gasteiger partial charge in [-0.15, -0.1) is 0 Å². The molecule has 3 rings (SSSR count). The number of rotatable bonds is 11. The third-order valence-electron chi connectivity index (χ3n) is 5.60. The molecule has 158 valence electrons. The maximum absolute atomic E-state index is 9.03. The molecule has 0 radical (unpaired) electrons. The van der Waals surface area contributed by atoms with E-state index < -0.39 is 0 Å². The summed E-state index contributed by atoms with van der Waals surface area (Å²) in [4.78, 5) is 4.85. The zero-order valence-corrected chi connectivity index (χ0v) is 18.0. The highest BCUT2D eigenvalue weighted by Crippen LogP contribution is 2.23. The minimum atomic E-state index is 0.261. The minimum Gasteiger partial charge on any atom is -0.493 e. The van der Waals surface area contributed by atoms with Crippen LogP contribution in [-0.2, 0) is 12.8 Å². The molecule has 2 aromatic rings. The molecule has 29 heavy (non-hydrogen) atoms. The van der Waals surface area contributed by atoms with Gasteiger partial charge in [-0.25, -0.2) is 0 Å². The quantitative estimate of drug-likeness (QED) is 0.563. The fourth-order valence-corrected chi connectivity index (χ4v) is 4.05. The second-order valence-corrected chi connectivity index (χ2v) is 8.07. The Labute approximate surface area is 180 Å². The third kappa shape index (κ3) is 7.31. The number of aryl methyl sites for hydroxylation is 2. The summed E-state index contributed by atoms with van der Waals surface area (Å²) in [5, 5.41) is 9.86. The molecule has 0 unspecified atom stereocenters. The fourth-order valence-electron chi connectivity index (χ4n) is 3.82. The Kier molecular flexibility index (Phi) is 9.29. The van der Waals surface area contributed by atoms with Crippen molar-refractivity contribution in [1.82, 2.24) is 9.80 Å². The molecule has 1 aliphatic rings. The van der Waals surface area contributed by atoms with Crippen molar-refractivity contribution in [2.45, 2.75) is 25.7 Å². The van der Waals surface area contributed by atoms with Crippen molar-refractivity contribution >= 4 is 11.6 Å². The van der Waals surface area contributed by atoms with E-state index in [2.05, 4.69) is 34.1 Å². The molecule has 1 saturated heterocycles. The first-order valence-corrected chi connectivity index (χ1v) is 11.1. The van der Waals surface area contributed by atoms with E-state index in [1.807, 2.05) is 24.3 Å². The second-order valence-electron chi connectivity index (χ2n) is 7.66. The van der Waals surface area contributed by atoms with Crippen molar-refractivity contribution in [2.75, 3.05) is 52.5 Å². The summed E-state index contributed by atoms with van der Waals surface area (Å²) in [5.41, 5.74) is 2.43. The molecular weight excluding hydrogens is 384 g/mol. The van der Waals surface area contributed by atoms with Gasteiger partial charge in [-0.05, 0) is 55.5 Å². The number of β-amino-alcohol motifs (C(OH)–C–C–N with tert-alkyl or cyclic N) is 1. The van der Waals surface area contributed by atoms with E-state index in [0.29, 0.717) is 0 Å². The van der Waals surface area contributed by atoms with Gasteiger partial charge in [0.1, 0.15) is 5.75 Å². The van der Waals surface area contributed by atoms with E-state index in [1.165, 1.54) is 11.1 Å². The molecule has 0 aliphatic carbocycles. The van der Waals surface area contributed by atoms with Gasteiger partial charge in [0.25, 0.3) is 0 Å². The summed E-state index contributed by atoms with van der Waals surface area (Å²) in [7, 11) is 0. The number of para-hydroxylation sites is 1. The summed E-state index contributed by atoms with van der Waals surface area (Å²) >= 11 is 6.29. The Bertz CT molecular complexity index is 732. The van der Waals surface area contributed by atoms with Crippen LogP contribution in [0.2, 0.25) is 5.02 Å². The zero-order chi connectivity index (χ0) is 20.3. The lowest BCUT2D eigenvalue weighted by Crippen LogP contribution is -2.47. The van der Waals surface area contributed by atoms with Gasteiger partial charge in [0.2, 0.25) is 0 Å². The standard InChI is InChI=1S/C24H33ClN2O2/c25-23-9-3-1-7-21(23)11-12-22-8-2-4-10-24(22)29-20-6-5-13-26-14-16-27(17-15-26)18-19-28/h1-4,7-10,28H,5-6,11-20H2. The van der Waals surface area contributed by atoms with Gasteiger partial charge in [0, 0.05) is 37.7 Å². The monoisotopic (exact) mass is 416 g/mol. The Morgan fingerprint density at radius 2 is 1.41 bits per heavy atom. The molecule has 0 bridgehead atoms. The van der Waals surface area contributed by atoms with Crippen LogP contribution in [0.5, 0.6) is 5.75 Å². The maximum atomic E-state index is 9.03. The maximum Gasteiger partial charge on any atom is 0.122 e. The largest absolute Gasteiger partial charge is 0.493 e. The number of halogens is 1. The molecule has 2 aromatic carbocycles. The van der Waals surface area contributed by atoms with Gasteiger partial charge in [-0.3, -0.25) is 4.90 Å². The van der Waals surface area contributed by atoms with Crippen molar-refractivity contribution in [2.24, 2.45) is 0 Å². The number of aliphatic hydroxyl groups is 1. The summed E-state index contributed by atoms with van der Waals surface area (Å²) in [6, 6.07) is 16.4. The molecule has 1 N–H and O–H groups in total. The minimum absolute atomic E-state index is 0.261. The van der Waals surface area contributed by atoms with Crippen LogP contribution in [0, 0.1) is 0 Å². The molecule has 1 aliphatic heterocycles. The van der Waals surface area contributed by atoms with Crippen LogP contribution in [-0.4, -0.2) is 67.4 Å². The summed E-state index contributed by atoms with van der Waals surface area (Å²) < 4.78 is 6.11. The molecule has 4 nitrogen and oxygen atoms in total. The highest BCUT2D eigenvalue weighted by Gasteiger charge is 2.15. The van der Waals surface area contributed by atoms with E-state index in [4.69, 9.17) is 21.4 Å². The first-order valence-electron chi connectivity index (χ1n) is 10.8. The van der Waals surface area contributed by atoms with Gasteiger partial charge in [-0.1, -0.05) is 48.0 Å². The number of hydrogen-bond acceptors (Lipinski definition) is 4. The molecule has 0 spiro atoms.